The maximum Gasteiger partial charge on any atom is 0.0478 e. The summed E-state index contributed by atoms with van der Waals surface area (Å²) in [4.78, 5) is 0. The quantitative estimate of drug-likeness (QED) is 0.582. The first-order chi connectivity index (χ1) is 9.77. The number of unbranched alkanes of at least 4 members (excludes halogenated alkanes) is 1. The van der Waals surface area contributed by atoms with Crippen molar-refractivity contribution < 1.29 is 4.74 Å². The normalized spacial score (nSPS) is 12.6. The lowest BCUT2D eigenvalue weighted by molar-refractivity contribution is 0.128. The van der Waals surface area contributed by atoms with Crippen molar-refractivity contribution in [2.75, 3.05) is 19.8 Å². The van der Waals surface area contributed by atoms with Gasteiger partial charge in [-0.1, -0.05) is 50.4 Å². The molecule has 0 aliphatic rings. The Hall–Kier alpha value is -0.570. The van der Waals surface area contributed by atoms with Gasteiger partial charge in [0.2, 0.25) is 0 Å². The average molecular weight is 298 g/mol. The maximum absolute atomic E-state index is 5.94. The molecule has 0 spiro atoms. The Morgan fingerprint density at radius 1 is 1.05 bits per heavy atom. The van der Waals surface area contributed by atoms with E-state index in [1.807, 2.05) is 12.1 Å². The highest BCUT2D eigenvalue weighted by Gasteiger charge is 2.09. The Balaban J connectivity index is 2.27. The van der Waals surface area contributed by atoms with Crippen molar-refractivity contribution in [2.45, 2.75) is 52.0 Å². The number of hydrogen-bond acceptors (Lipinski definition) is 2. The van der Waals surface area contributed by atoms with Crippen LogP contribution in [0.2, 0.25) is 5.02 Å². The van der Waals surface area contributed by atoms with E-state index in [2.05, 4.69) is 31.3 Å². The molecule has 1 aromatic carbocycles. The molecule has 1 atom stereocenters. The van der Waals surface area contributed by atoms with Crippen LogP contribution < -0.4 is 5.32 Å². The van der Waals surface area contributed by atoms with Gasteiger partial charge in [-0.2, -0.15) is 0 Å². The van der Waals surface area contributed by atoms with Gasteiger partial charge in [-0.25, -0.2) is 0 Å². The molecule has 0 aliphatic carbocycles. The maximum atomic E-state index is 5.94. The van der Waals surface area contributed by atoms with Crippen molar-refractivity contribution in [3.05, 3.63) is 34.9 Å². The standard InChI is InChI=1S/C17H28ClNO/c1-3-5-13-20-14-6-12-19-17(7-4-2)15-8-10-16(18)11-9-15/h8-11,17,19H,3-7,12-14H2,1-2H3. The fourth-order valence-corrected chi connectivity index (χ4v) is 2.30. The minimum atomic E-state index is 0.424. The summed E-state index contributed by atoms with van der Waals surface area (Å²) in [5, 5.41) is 4.42. The first-order valence-corrected chi connectivity index (χ1v) is 8.22. The molecule has 2 nitrogen and oxygen atoms in total. The number of benzene rings is 1. The fraction of sp³-hybridized carbons (Fsp3) is 0.647. The van der Waals surface area contributed by atoms with Crippen molar-refractivity contribution in [2.24, 2.45) is 0 Å². The van der Waals surface area contributed by atoms with E-state index in [4.69, 9.17) is 16.3 Å². The second kappa shape index (κ2) is 11.1. The third kappa shape index (κ3) is 7.28. The third-order valence-electron chi connectivity index (χ3n) is 3.35. The van der Waals surface area contributed by atoms with E-state index >= 15 is 0 Å². The van der Waals surface area contributed by atoms with Gasteiger partial charge in [-0.15, -0.1) is 0 Å². The molecular formula is C17H28ClNO. The lowest BCUT2D eigenvalue weighted by atomic mass is 10.0. The number of halogens is 1. The summed E-state index contributed by atoms with van der Waals surface area (Å²) in [6.07, 6.45) is 5.76. The van der Waals surface area contributed by atoms with Crippen LogP contribution in [0.1, 0.15) is 57.6 Å². The van der Waals surface area contributed by atoms with Crippen LogP contribution in [0, 0.1) is 0 Å². The van der Waals surface area contributed by atoms with Crippen LogP contribution in [-0.2, 0) is 4.74 Å². The zero-order chi connectivity index (χ0) is 14.6. The molecule has 3 heteroatoms. The van der Waals surface area contributed by atoms with E-state index in [1.54, 1.807) is 0 Å². The predicted octanol–water partition coefficient (Wildman–Crippen LogP) is 4.98. The highest BCUT2D eigenvalue weighted by atomic mass is 35.5. The van der Waals surface area contributed by atoms with Crippen LogP contribution in [0.25, 0.3) is 0 Å². The molecule has 0 saturated heterocycles. The van der Waals surface area contributed by atoms with Crippen LogP contribution in [0.15, 0.2) is 24.3 Å². The highest BCUT2D eigenvalue weighted by molar-refractivity contribution is 6.30. The van der Waals surface area contributed by atoms with Gasteiger partial charge in [-0.05, 0) is 43.5 Å². The highest BCUT2D eigenvalue weighted by Crippen LogP contribution is 2.20. The van der Waals surface area contributed by atoms with Gasteiger partial charge in [0.25, 0.3) is 0 Å². The Labute approximate surface area is 128 Å². The van der Waals surface area contributed by atoms with Crippen LogP contribution in [0.5, 0.6) is 0 Å². The van der Waals surface area contributed by atoms with Crippen molar-refractivity contribution in [3.63, 3.8) is 0 Å². The number of nitrogens with one attached hydrogen (secondary N) is 1. The Morgan fingerprint density at radius 2 is 1.75 bits per heavy atom. The lowest BCUT2D eigenvalue weighted by Crippen LogP contribution is -2.23. The molecule has 114 valence electrons. The molecule has 1 unspecified atom stereocenters. The van der Waals surface area contributed by atoms with Gasteiger partial charge in [0.15, 0.2) is 0 Å². The van der Waals surface area contributed by atoms with Gasteiger partial charge in [0.05, 0.1) is 0 Å². The molecule has 1 N–H and O–H groups in total. The Morgan fingerprint density at radius 3 is 2.40 bits per heavy atom. The number of rotatable bonds is 11. The molecule has 0 heterocycles. The molecular weight excluding hydrogens is 270 g/mol. The summed E-state index contributed by atoms with van der Waals surface area (Å²) >= 11 is 5.94. The SMILES string of the molecule is CCCCOCCCNC(CCC)c1ccc(Cl)cc1. The molecule has 20 heavy (non-hydrogen) atoms. The average Bonchev–Trinajstić information content (AvgIpc) is 2.46. The van der Waals surface area contributed by atoms with E-state index in [1.165, 1.54) is 18.4 Å². The fourth-order valence-electron chi connectivity index (χ4n) is 2.17. The molecule has 0 bridgehead atoms. The van der Waals surface area contributed by atoms with Crippen molar-refractivity contribution in [3.8, 4) is 0 Å². The van der Waals surface area contributed by atoms with E-state index in [-0.39, 0.29) is 0 Å². The van der Waals surface area contributed by atoms with E-state index in [9.17, 15) is 0 Å². The monoisotopic (exact) mass is 297 g/mol. The number of ether oxygens (including phenoxy) is 1. The summed E-state index contributed by atoms with van der Waals surface area (Å²) < 4.78 is 5.58. The van der Waals surface area contributed by atoms with Crippen molar-refractivity contribution >= 4 is 11.6 Å². The summed E-state index contributed by atoms with van der Waals surface area (Å²) in [7, 11) is 0. The molecule has 0 radical (unpaired) electrons. The van der Waals surface area contributed by atoms with Gasteiger partial charge in [-0.3, -0.25) is 0 Å². The molecule has 0 aromatic heterocycles. The van der Waals surface area contributed by atoms with Gasteiger partial charge < -0.3 is 10.1 Å². The molecule has 0 saturated carbocycles. The summed E-state index contributed by atoms with van der Waals surface area (Å²) in [5.74, 6) is 0. The molecule has 0 fully saturated rings. The summed E-state index contributed by atoms with van der Waals surface area (Å²) in [6.45, 7) is 7.16. The van der Waals surface area contributed by atoms with Crippen LogP contribution in [0.3, 0.4) is 0 Å². The zero-order valence-corrected chi connectivity index (χ0v) is 13.6. The third-order valence-corrected chi connectivity index (χ3v) is 3.60. The van der Waals surface area contributed by atoms with Crippen LogP contribution in [0.4, 0.5) is 0 Å². The Kier molecular flexibility index (Phi) is 9.73. The van der Waals surface area contributed by atoms with Gasteiger partial charge in [0, 0.05) is 24.3 Å². The predicted molar refractivity (Wildman–Crippen MR) is 87.4 cm³/mol. The molecule has 0 amide bonds. The summed E-state index contributed by atoms with van der Waals surface area (Å²) in [5.41, 5.74) is 1.32. The topological polar surface area (TPSA) is 21.3 Å². The van der Waals surface area contributed by atoms with Crippen LogP contribution >= 0.6 is 11.6 Å². The number of hydrogen-bond donors (Lipinski definition) is 1. The van der Waals surface area contributed by atoms with E-state index < -0.39 is 0 Å². The van der Waals surface area contributed by atoms with Crippen LogP contribution in [-0.4, -0.2) is 19.8 Å². The summed E-state index contributed by atoms with van der Waals surface area (Å²) in [6, 6.07) is 8.60. The minimum Gasteiger partial charge on any atom is -0.381 e. The van der Waals surface area contributed by atoms with Crippen molar-refractivity contribution in [1.82, 2.24) is 5.32 Å². The lowest BCUT2D eigenvalue weighted by Gasteiger charge is -2.18. The second-order valence-corrected chi connectivity index (χ2v) is 5.60. The molecule has 1 rings (SSSR count). The van der Waals surface area contributed by atoms with Gasteiger partial charge >= 0.3 is 0 Å². The first kappa shape index (κ1) is 17.5. The first-order valence-electron chi connectivity index (χ1n) is 7.84. The molecule has 0 aliphatic heterocycles. The smallest absolute Gasteiger partial charge is 0.0478 e. The van der Waals surface area contributed by atoms with E-state index in [0.29, 0.717) is 6.04 Å². The minimum absolute atomic E-state index is 0.424. The van der Waals surface area contributed by atoms with Crippen molar-refractivity contribution in [1.29, 1.82) is 0 Å². The second-order valence-electron chi connectivity index (χ2n) is 5.17. The Bertz CT molecular complexity index is 339. The molecule has 1 aromatic rings. The van der Waals surface area contributed by atoms with Gasteiger partial charge in [0.1, 0.15) is 0 Å². The largest absolute Gasteiger partial charge is 0.381 e. The zero-order valence-electron chi connectivity index (χ0n) is 12.8. The van der Waals surface area contributed by atoms with E-state index in [0.717, 1.165) is 44.0 Å².